The van der Waals surface area contributed by atoms with Crippen molar-refractivity contribution in [2.45, 2.75) is 156 Å². The first-order valence-corrected chi connectivity index (χ1v) is 33.2. The first-order valence-electron chi connectivity index (χ1n) is 31.8. The van der Waals surface area contributed by atoms with Crippen molar-refractivity contribution >= 4 is 76.2 Å². The minimum atomic E-state index is -4.75. The molecule has 0 aliphatic rings. The molecule has 97 heavy (non-hydrogen) atoms. The zero-order valence-corrected chi connectivity index (χ0v) is 59.0. The SMILES string of the molecule is CC(C)=CCc1c(OCOS(=O)(=O)O)cc2oc3cc(O)c(C)c(CC=C(C)C)c3c(=O)c2c1O.CCOc1cc2oc3cc(O)c(C)c(CC=C(C)C)c3c(=O)c2c(O)c1CC=C(C)C.CCOc1cc2oc3cc(O)c(C)c(CC=C(C)C)c3c(=O)c2c(O)c1CC=C(C)C. The average molecular weight is 1350 g/mol. The quantitative estimate of drug-likeness (QED) is 0.0161. The van der Waals surface area contributed by atoms with E-state index in [1.807, 2.05) is 127 Å². The zero-order valence-electron chi connectivity index (χ0n) is 58.2. The highest BCUT2D eigenvalue weighted by Crippen LogP contribution is 2.43. The Kier molecular flexibility index (Phi) is 24.2. The second kappa shape index (κ2) is 31.4. The van der Waals surface area contributed by atoms with Crippen molar-refractivity contribution in [2.24, 2.45) is 0 Å². The lowest BCUT2D eigenvalue weighted by atomic mass is 9.96. The lowest BCUT2D eigenvalue weighted by molar-refractivity contribution is 0.111. The average Bonchev–Trinajstić information content (AvgIpc) is 0.754. The summed E-state index contributed by atoms with van der Waals surface area (Å²) in [6.07, 6.45) is 14.1. The van der Waals surface area contributed by atoms with E-state index < -0.39 is 22.6 Å². The molecule has 0 bridgehead atoms. The molecule has 9 rings (SSSR count). The van der Waals surface area contributed by atoms with Crippen molar-refractivity contribution in [3.8, 4) is 51.7 Å². The standard InChI is InChI=1S/2C26H30O5.C25H28O9S/c2*1-7-30-20-13-22-24(25(28)18(20)11-9-15(4)5)26(29)23-17(10-8-14(2)3)16(6)19(27)12-21(23)31-22;1-13(2)6-8-16-15(5)18(26)10-20-22(16)25(28)23-21(34-20)11-19(32-12-33-35(29,30)31)17(24(23)27)9-7-14(3)4/h2*8-9,12-13,27-28H,7,10-11H2,1-6H3;6-7,10-11,26-27H,8-9,12H2,1-5H3,(H,29,30,31). The van der Waals surface area contributed by atoms with E-state index in [2.05, 4.69) is 4.18 Å². The van der Waals surface area contributed by atoms with Crippen molar-refractivity contribution < 1.29 is 75.3 Å². The molecule has 0 saturated carbocycles. The first kappa shape index (κ1) is 74.6. The molecule has 0 spiro atoms. The summed E-state index contributed by atoms with van der Waals surface area (Å²) in [5, 5.41) is 65.9. The van der Waals surface area contributed by atoms with Crippen molar-refractivity contribution in [1.82, 2.24) is 0 Å². The number of phenolic OH excluding ortho intramolecular Hbond substituents is 6. The summed E-state index contributed by atoms with van der Waals surface area (Å²) in [7, 11) is -4.75. The number of rotatable bonds is 20. The Morgan fingerprint density at radius 3 is 0.825 bits per heavy atom. The molecule has 0 amide bonds. The maximum Gasteiger partial charge on any atom is 0.400 e. The van der Waals surface area contributed by atoms with E-state index in [9.17, 15) is 53.4 Å². The molecule has 0 fully saturated rings. The topological polar surface area (TPSA) is 303 Å². The Hall–Kier alpha value is -9.76. The summed E-state index contributed by atoms with van der Waals surface area (Å²) in [6.45, 7) is 32.3. The van der Waals surface area contributed by atoms with Gasteiger partial charge in [0, 0.05) is 53.1 Å². The number of aromatic hydroxyl groups is 6. The van der Waals surface area contributed by atoms with Gasteiger partial charge in [0.25, 0.3) is 0 Å². The predicted molar refractivity (Wildman–Crippen MR) is 383 cm³/mol. The lowest BCUT2D eigenvalue weighted by Crippen LogP contribution is -2.12. The fourth-order valence-electron chi connectivity index (χ4n) is 11.0. The van der Waals surface area contributed by atoms with Crippen LogP contribution in [0.1, 0.15) is 147 Å². The third-order valence-corrected chi connectivity index (χ3v) is 16.7. The van der Waals surface area contributed by atoms with Gasteiger partial charge in [-0.1, -0.05) is 69.9 Å². The summed E-state index contributed by atoms with van der Waals surface area (Å²) in [5.41, 5.74) is 11.5. The molecule has 516 valence electrons. The van der Waals surface area contributed by atoms with E-state index in [1.54, 1.807) is 39.0 Å². The number of fused-ring (bicyclic) bond motifs is 6. The Morgan fingerprint density at radius 2 is 0.598 bits per heavy atom. The zero-order chi connectivity index (χ0) is 71.8. The summed E-state index contributed by atoms with van der Waals surface area (Å²) >= 11 is 0. The van der Waals surface area contributed by atoms with Crippen LogP contribution in [0.15, 0.2) is 134 Å². The van der Waals surface area contributed by atoms with E-state index in [-0.39, 0.29) is 118 Å². The number of hydrogen-bond donors (Lipinski definition) is 7. The molecule has 0 aliphatic carbocycles. The third-order valence-electron chi connectivity index (χ3n) is 16.3. The predicted octanol–water partition coefficient (Wildman–Crippen LogP) is 17.0. The molecular formula is C77H88O19S. The molecule has 0 atom stereocenters. The molecule has 19 nitrogen and oxygen atoms in total. The normalized spacial score (nSPS) is 11.2. The molecular weight excluding hydrogens is 1260 g/mol. The Labute approximate surface area is 563 Å². The smallest absolute Gasteiger partial charge is 0.400 e. The maximum absolute atomic E-state index is 13.7. The molecule has 6 aromatic carbocycles. The van der Waals surface area contributed by atoms with Gasteiger partial charge in [-0.05, 0) is 190 Å². The van der Waals surface area contributed by atoms with E-state index in [4.69, 9.17) is 32.0 Å². The van der Waals surface area contributed by atoms with E-state index in [1.165, 1.54) is 24.3 Å². The van der Waals surface area contributed by atoms with E-state index in [0.717, 1.165) is 33.4 Å². The fourth-order valence-corrected chi connectivity index (χ4v) is 11.2. The molecule has 0 aliphatic heterocycles. The van der Waals surface area contributed by atoms with Crippen molar-refractivity contribution in [3.63, 3.8) is 0 Å². The van der Waals surface area contributed by atoms with Crippen LogP contribution < -0.4 is 30.5 Å². The van der Waals surface area contributed by atoms with Crippen LogP contribution in [0.5, 0.6) is 51.7 Å². The summed E-state index contributed by atoms with van der Waals surface area (Å²) in [5.74, 6) is 0.446. The molecule has 0 radical (unpaired) electrons. The molecule has 20 heteroatoms. The Balaban J connectivity index is 0.000000206. The van der Waals surface area contributed by atoms with Crippen LogP contribution >= 0.6 is 0 Å². The molecule has 3 aromatic heterocycles. The van der Waals surface area contributed by atoms with Crippen molar-refractivity contribution in [1.29, 1.82) is 0 Å². The minimum absolute atomic E-state index is 0.000233. The van der Waals surface area contributed by atoms with Crippen LogP contribution in [0.3, 0.4) is 0 Å². The van der Waals surface area contributed by atoms with Gasteiger partial charge in [0.1, 0.15) is 101 Å². The number of benzene rings is 6. The van der Waals surface area contributed by atoms with Crippen molar-refractivity contribution in [3.05, 3.63) is 187 Å². The van der Waals surface area contributed by atoms with Gasteiger partial charge in [0.05, 0.1) is 29.4 Å². The van der Waals surface area contributed by atoms with E-state index >= 15 is 0 Å². The van der Waals surface area contributed by atoms with Gasteiger partial charge < -0.3 is 58.1 Å². The van der Waals surface area contributed by atoms with Crippen LogP contribution in [0.4, 0.5) is 0 Å². The van der Waals surface area contributed by atoms with Gasteiger partial charge >= 0.3 is 10.4 Å². The summed E-state index contributed by atoms with van der Waals surface area (Å²) < 4.78 is 69.6. The Morgan fingerprint density at radius 1 is 0.371 bits per heavy atom. The van der Waals surface area contributed by atoms with Crippen LogP contribution in [0.25, 0.3) is 65.8 Å². The van der Waals surface area contributed by atoms with Gasteiger partial charge in [-0.25, -0.2) is 4.18 Å². The highest BCUT2D eigenvalue weighted by molar-refractivity contribution is 7.80. The Bertz CT molecular complexity index is 4860. The number of phenols is 6. The molecule has 3 heterocycles. The number of ether oxygens (including phenoxy) is 3. The van der Waals surface area contributed by atoms with Crippen LogP contribution in [0.2, 0.25) is 0 Å². The minimum Gasteiger partial charge on any atom is -0.508 e. The second-order valence-electron chi connectivity index (χ2n) is 25.2. The summed E-state index contributed by atoms with van der Waals surface area (Å²) in [4.78, 5) is 40.9. The highest BCUT2D eigenvalue weighted by Gasteiger charge is 2.27. The fraction of sp³-hybridized carbons (Fsp3) is 0.338. The third kappa shape index (κ3) is 17.1. The highest BCUT2D eigenvalue weighted by atomic mass is 32.3. The van der Waals surface area contributed by atoms with Gasteiger partial charge in [0.2, 0.25) is 23.1 Å². The molecule has 0 saturated heterocycles. The summed E-state index contributed by atoms with van der Waals surface area (Å²) in [6, 6.07) is 8.91. The number of hydrogen-bond acceptors (Lipinski definition) is 18. The maximum atomic E-state index is 13.7. The first-order chi connectivity index (χ1) is 45.6. The number of allylic oxidation sites excluding steroid dienone is 12. The van der Waals surface area contributed by atoms with Gasteiger partial charge in [0.15, 0.2) is 0 Å². The van der Waals surface area contributed by atoms with Crippen LogP contribution in [-0.4, -0.2) is 63.6 Å². The van der Waals surface area contributed by atoms with Gasteiger partial charge in [-0.2, -0.15) is 8.42 Å². The molecule has 0 unspecified atom stereocenters. The van der Waals surface area contributed by atoms with Crippen LogP contribution in [0, 0.1) is 20.8 Å². The molecule has 9 aromatic rings. The van der Waals surface area contributed by atoms with Gasteiger partial charge in [-0.3, -0.25) is 18.9 Å². The second-order valence-corrected chi connectivity index (χ2v) is 26.3. The van der Waals surface area contributed by atoms with E-state index in [0.29, 0.717) is 112 Å². The molecule has 7 N–H and O–H groups in total. The van der Waals surface area contributed by atoms with Crippen LogP contribution in [-0.2, 0) is 53.1 Å². The lowest BCUT2D eigenvalue weighted by Gasteiger charge is -2.15. The largest absolute Gasteiger partial charge is 0.508 e. The van der Waals surface area contributed by atoms with Crippen molar-refractivity contribution in [2.75, 3.05) is 20.0 Å². The van der Waals surface area contributed by atoms with Gasteiger partial charge in [-0.15, -0.1) is 0 Å². The monoisotopic (exact) mass is 1350 g/mol.